The predicted octanol–water partition coefficient (Wildman–Crippen LogP) is 1.90. The summed E-state index contributed by atoms with van der Waals surface area (Å²) in [6.45, 7) is 1.02. The molecule has 1 heterocycles. The molecule has 0 spiro atoms. The minimum Gasteiger partial charge on any atom is -0.310 e. The molecule has 1 unspecified atom stereocenters. The molecule has 0 aromatic heterocycles. The normalized spacial score (nSPS) is 21.9. The van der Waals surface area contributed by atoms with Gasteiger partial charge in [0.15, 0.2) is 9.84 Å². The molecule has 1 aliphatic rings. The molecule has 1 atom stereocenters. The van der Waals surface area contributed by atoms with Crippen molar-refractivity contribution in [2.45, 2.75) is 30.2 Å². The maximum absolute atomic E-state index is 11.4. The largest absolute Gasteiger partial charge is 0.310 e. The summed E-state index contributed by atoms with van der Waals surface area (Å²) >= 11 is 0. The highest BCUT2D eigenvalue weighted by Crippen LogP contribution is 2.24. The molecule has 2 rings (SSSR count). The van der Waals surface area contributed by atoms with Crippen molar-refractivity contribution >= 4 is 9.84 Å². The first-order valence-corrected chi connectivity index (χ1v) is 7.50. The van der Waals surface area contributed by atoms with Gasteiger partial charge in [-0.05, 0) is 37.1 Å². The second kappa shape index (κ2) is 4.55. The molecule has 1 fully saturated rings. The van der Waals surface area contributed by atoms with Crippen molar-refractivity contribution in [2.24, 2.45) is 0 Å². The number of hydrogen-bond donors (Lipinski definition) is 1. The van der Waals surface area contributed by atoms with Crippen molar-refractivity contribution in [3.63, 3.8) is 0 Å². The Morgan fingerprint density at radius 2 is 2.12 bits per heavy atom. The van der Waals surface area contributed by atoms with E-state index in [1.54, 1.807) is 12.1 Å². The summed E-state index contributed by atoms with van der Waals surface area (Å²) in [5, 5.41) is 3.42. The van der Waals surface area contributed by atoms with Crippen LogP contribution in [0.2, 0.25) is 0 Å². The summed E-state index contributed by atoms with van der Waals surface area (Å²) in [5.74, 6) is 0. The van der Waals surface area contributed by atoms with Gasteiger partial charge in [0.05, 0.1) is 4.90 Å². The lowest BCUT2D eigenvalue weighted by atomic mass is 9.98. The molecule has 1 N–H and O–H groups in total. The third kappa shape index (κ3) is 2.62. The Morgan fingerprint density at radius 1 is 1.31 bits per heavy atom. The molecule has 16 heavy (non-hydrogen) atoms. The molecule has 1 aromatic carbocycles. The molecule has 0 saturated carbocycles. The first-order valence-electron chi connectivity index (χ1n) is 5.61. The van der Waals surface area contributed by atoms with Crippen LogP contribution in [0.4, 0.5) is 0 Å². The van der Waals surface area contributed by atoms with E-state index in [0.717, 1.165) is 18.5 Å². The molecular formula is C12H17NO2S. The highest BCUT2D eigenvalue weighted by molar-refractivity contribution is 7.90. The summed E-state index contributed by atoms with van der Waals surface area (Å²) in [7, 11) is -3.09. The van der Waals surface area contributed by atoms with Crippen LogP contribution in [0.3, 0.4) is 0 Å². The fraction of sp³-hybridized carbons (Fsp3) is 0.500. The van der Waals surface area contributed by atoms with E-state index in [1.165, 1.54) is 19.1 Å². The lowest BCUT2D eigenvalue weighted by molar-refractivity contribution is 0.412. The minimum atomic E-state index is -3.09. The fourth-order valence-corrected chi connectivity index (χ4v) is 2.77. The molecular weight excluding hydrogens is 222 g/mol. The van der Waals surface area contributed by atoms with Crippen LogP contribution in [-0.2, 0) is 9.84 Å². The van der Waals surface area contributed by atoms with E-state index in [9.17, 15) is 8.42 Å². The zero-order valence-electron chi connectivity index (χ0n) is 9.44. The van der Waals surface area contributed by atoms with Gasteiger partial charge >= 0.3 is 0 Å². The molecule has 4 heteroatoms. The van der Waals surface area contributed by atoms with E-state index >= 15 is 0 Å². The summed E-state index contributed by atoms with van der Waals surface area (Å²) in [5.41, 5.74) is 1.09. The van der Waals surface area contributed by atoms with Crippen LogP contribution < -0.4 is 5.32 Å². The van der Waals surface area contributed by atoms with Crippen LogP contribution in [0.25, 0.3) is 0 Å². The van der Waals surface area contributed by atoms with Gasteiger partial charge in [0.25, 0.3) is 0 Å². The van der Waals surface area contributed by atoms with E-state index in [4.69, 9.17) is 0 Å². The number of nitrogens with one attached hydrogen (secondary N) is 1. The Hall–Kier alpha value is -0.870. The maximum atomic E-state index is 11.4. The zero-order valence-corrected chi connectivity index (χ0v) is 10.3. The molecule has 3 nitrogen and oxygen atoms in total. The van der Waals surface area contributed by atoms with E-state index in [1.807, 2.05) is 12.1 Å². The summed E-state index contributed by atoms with van der Waals surface area (Å²) in [6, 6.07) is 7.58. The van der Waals surface area contributed by atoms with Crippen molar-refractivity contribution < 1.29 is 8.42 Å². The Labute approximate surface area is 96.8 Å². The average Bonchev–Trinajstić information content (AvgIpc) is 2.29. The van der Waals surface area contributed by atoms with Crippen LogP contribution in [0.15, 0.2) is 29.2 Å². The number of rotatable bonds is 2. The highest BCUT2D eigenvalue weighted by atomic mass is 32.2. The standard InChI is InChI=1S/C12H17NO2S/c1-16(14,15)11-6-4-5-10(9-11)12-7-2-3-8-13-12/h4-6,9,12-13H,2-3,7-8H2,1H3. The Balaban J connectivity index is 2.28. The van der Waals surface area contributed by atoms with E-state index in [0.29, 0.717) is 10.9 Å². The fourth-order valence-electron chi connectivity index (χ4n) is 2.10. The SMILES string of the molecule is CS(=O)(=O)c1cccc(C2CCCCN2)c1. The van der Waals surface area contributed by atoms with Gasteiger partial charge in [0.1, 0.15) is 0 Å². The maximum Gasteiger partial charge on any atom is 0.175 e. The van der Waals surface area contributed by atoms with Gasteiger partial charge in [0.2, 0.25) is 0 Å². The highest BCUT2D eigenvalue weighted by Gasteiger charge is 2.16. The summed E-state index contributed by atoms with van der Waals surface area (Å²) in [6.07, 6.45) is 4.76. The first-order chi connectivity index (χ1) is 7.57. The van der Waals surface area contributed by atoms with Crippen molar-refractivity contribution in [3.8, 4) is 0 Å². The second-order valence-corrected chi connectivity index (χ2v) is 6.36. The first kappa shape index (κ1) is 11.6. The van der Waals surface area contributed by atoms with Gasteiger partial charge in [0, 0.05) is 12.3 Å². The van der Waals surface area contributed by atoms with E-state index < -0.39 is 9.84 Å². The molecule has 0 aliphatic carbocycles. The van der Waals surface area contributed by atoms with Gasteiger partial charge in [-0.25, -0.2) is 8.42 Å². The van der Waals surface area contributed by atoms with Crippen LogP contribution in [0.1, 0.15) is 30.9 Å². The number of piperidine rings is 1. The second-order valence-electron chi connectivity index (χ2n) is 4.35. The Bertz CT molecular complexity index is 462. The van der Waals surface area contributed by atoms with E-state index in [-0.39, 0.29) is 0 Å². The quantitative estimate of drug-likeness (QED) is 0.857. The number of hydrogen-bond acceptors (Lipinski definition) is 3. The predicted molar refractivity (Wildman–Crippen MR) is 64.1 cm³/mol. The van der Waals surface area contributed by atoms with Gasteiger partial charge < -0.3 is 5.32 Å². The monoisotopic (exact) mass is 239 g/mol. The smallest absolute Gasteiger partial charge is 0.175 e. The summed E-state index contributed by atoms with van der Waals surface area (Å²) in [4.78, 5) is 0.414. The van der Waals surface area contributed by atoms with Gasteiger partial charge in [-0.15, -0.1) is 0 Å². The summed E-state index contributed by atoms with van der Waals surface area (Å²) < 4.78 is 22.9. The zero-order chi connectivity index (χ0) is 11.6. The van der Waals surface area contributed by atoms with Crippen molar-refractivity contribution in [1.29, 1.82) is 0 Å². The van der Waals surface area contributed by atoms with E-state index in [2.05, 4.69) is 5.32 Å². The van der Waals surface area contributed by atoms with Gasteiger partial charge in [-0.2, -0.15) is 0 Å². The van der Waals surface area contributed by atoms with Crippen molar-refractivity contribution in [1.82, 2.24) is 5.32 Å². The Kier molecular flexibility index (Phi) is 3.30. The molecule has 1 saturated heterocycles. The molecule has 1 aromatic rings. The Morgan fingerprint density at radius 3 is 2.75 bits per heavy atom. The van der Waals surface area contributed by atoms with Crippen LogP contribution in [-0.4, -0.2) is 21.2 Å². The lowest BCUT2D eigenvalue weighted by Crippen LogP contribution is -2.26. The van der Waals surface area contributed by atoms with Crippen molar-refractivity contribution in [3.05, 3.63) is 29.8 Å². The number of benzene rings is 1. The van der Waals surface area contributed by atoms with Crippen molar-refractivity contribution in [2.75, 3.05) is 12.8 Å². The third-order valence-corrected chi connectivity index (χ3v) is 4.11. The topological polar surface area (TPSA) is 46.2 Å². The van der Waals surface area contributed by atoms with Crippen LogP contribution in [0, 0.1) is 0 Å². The minimum absolute atomic E-state index is 0.315. The van der Waals surface area contributed by atoms with Crippen LogP contribution >= 0.6 is 0 Å². The van der Waals surface area contributed by atoms with Gasteiger partial charge in [-0.3, -0.25) is 0 Å². The molecule has 0 amide bonds. The lowest BCUT2D eigenvalue weighted by Gasteiger charge is -2.24. The molecule has 1 aliphatic heterocycles. The average molecular weight is 239 g/mol. The number of sulfone groups is 1. The van der Waals surface area contributed by atoms with Crippen LogP contribution in [0.5, 0.6) is 0 Å². The molecule has 0 radical (unpaired) electrons. The third-order valence-electron chi connectivity index (χ3n) is 3.00. The molecule has 88 valence electrons. The molecule has 0 bridgehead atoms. The van der Waals surface area contributed by atoms with Gasteiger partial charge in [-0.1, -0.05) is 18.6 Å².